The molecule has 120 valence electrons. The summed E-state index contributed by atoms with van der Waals surface area (Å²) in [4.78, 5) is 37.2. The van der Waals surface area contributed by atoms with Gasteiger partial charge in [0.25, 0.3) is 5.69 Å². The lowest BCUT2D eigenvalue weighted by Gasteiger charge is -2.15. The van der Waals surface area contributed by atoms with Crippen LogP contribution in [0, 0.1) is 10.1 Å². The van der Waals surface area contributed by atoms with E-state index in [0.29, 0.717) is 22.4 Å². The van der Waals surface area contributed by atoms with Gasteiger partial charge in [0.2, 0.25) is 0 Å². The van der Waals surface area contributed by atoms with Crippen molar-refractivity contribution in [2.75, 3.05) is 19.0 Å². The van der Waals surface area contributed by atoms with Gasteiger partial charge in [0.05, 0.1) is 10.5 Å². The van der Waals surface area contributed by atoms with Gasteiger partial charge in [-0.05, 0) is 12.1 Å². The van der Waals surface area contributed by atoms with Gasteiger partial charge < -0.3 is 4.90 Å². The summed E-state index contributed by atoms with van der Waals surface area (Å²) in [6.07, 6.45) is 1.44. The zero-order chi connectivity index (χ0) is 17.4. The Labute approximate surface area is 138 Å². The van der Waals surface area contributed by atoms with Crippen molar-refractivity contribution in [1.29, 1.82) is 0 Å². The Bertz CT molecular complexity index is 876. The van der Waals surface area contributed by atoms with Gasteiger partial charge in [-0.1, -0.05) is 24.3 Å². The highest BCUT2D eigenvalue weighted by molar-refractivity contribution is 6.41. The molecule has 0 fully saturated rings. The minimum atomic E-state index is -0.505. The van der Waals surface area contributed by atoms with Crippen molar-refractivity contribution in [2.24, 2.45) is 0 Å². The molecule has 0 atom stereocenters. The van der Waals surface area contributed by atoms with Crippen LogP contribution in [-0.2, 0) is 0 Å². The van der Waals surface area contributed by atoms with E-state index in [1.54, 1.807) is 49.3 Å². The Morgan fingerprint density at radius 2 is 1.58 bits per heavy atom. The number of nitro groups is 1. The number of nitrogens with zero attached hydrogens (tertiary/aromatic N) is 2. The van der Waals surface area contributed by atoms with Crippen molar-refractivity contribution in [3.05, 3.63) is 74.8 Å². The smallest absolute Gasteiger partial charge is 0.270 e. The van der Waals surface area contributed by atoms with Crippen LogP contribution >= 0.6 is 0 Å². The lowest BCUT2D eigenvalue weighted by Crippen LogP contribution is -2.11. The molecule has 0 spiro atoms. The molecule has 0 amide bonds. The Balaban J connectivity index is 2.15. The van der Waals surface area contributed by atoms with Crippen LogP contribution in [0.25, 0.3) is 6.08 Å². The van der Waals surface area contributed by atoms with Gasteiger partial charge in [0.1, 0.15) is 0 Å². The molecule has 2 aromatic carbocycles. The first-order valence-corrected chi connectivity index (χ1v) is 7.26. The summed E-state index contributed by atoms with van der Waals surface area (Å²) in [6.45, 7) is 0. The number of anilines is 1. The van der Waals surface area contributed by atoms with E-state index in [1.165, 1.54) is 18.2 Å². The molecular weight excluding hydrogens is 308 g/mol. The number of allylic oxidation sites excluding steroid dienone is 1. The number of rotatable bonds is 3. The number of carbonyl (C=O) groups excluding carboxylic acids is 2. The fourth-order valence-corrected chi connectivity index (χ4v) is 2.74. The molecule has 0 aromatic heterocycles. The second-order valence-electron chi connectivity index (χ2n) is 5.66. The maximum Gasteiger partial charge on any atom is 0.270 e. The first-order chi connectivity index (χ1) is 11.4. The normalized spacial score (nSPS) is 13.0. The second kappa shape index (κ2) is 5.73. The summed E-state index contributed by atoms with van der Waals surface area (Å²) in [6, 6.07) is 11.0. The summed E-state index contributed by atoms with van der Waals surface area (Å²) in [5, 5.41) is 11.0. The Hall–Kier alpha value is -3.28. The minimum Gasteiger partial charge on any atom is -0.377 e. The van der Waals surface area contributed by atoms with E-state index in [1.807, 2.05) is 0 Å². The van der Waals surface area contributed by atoms with Gasteiger partial charge in [-0.2, -0.15) is 0 Å². The molecule has 0 N–H and O–H groups in total. The van der Waals surface area contributed by atoms with Crippen molar-refractivity contribution < 1.29 is 14.5 Å². The number of fused-ring (bicyclic) bond motifs is 1. The Morgan fingerprint density at radius 3 is 2.08 bits per heavy atom. The number of carbonyl (C=O) groups is 2. The molecule has 0 unspecified atom stereocenters. The lowest BCUT2D eigenvalue weighted by atomic mass is 10.0. The topological polar surface area (TPSA) is 80.5 Å². The molecular formula is C18H14N2O4. The van der Waals surface area contributed by atoms with Gasteiger partial charge in [-0.25, -0.2) is 0 Å². The van der Waals surface area contributed by atoms with Crippen LogP contribution in [0.15, 0.2) is 48.0 Å². The van der Waals surface area contributed by atoms with Crippen molar-refractivity contribution >= 4 is 29.0 Å². The number of non-ortho nitro benzene ring substituents is 1. The Kier molecular flexibility index (Phi) is 3.73. The molecule has 0 heterocycles. The van der Waals surface area contributed by atoms with Crippen LogP contribution in [0.2, 0.25) is 0 Å². The standard InChI is InChI=1S/C18H14N2O4/c1-19(2)16-8-7-12(20(23)24)9-11(16)10-15-17(21)13-5-3-4-6-14(13)18(15)22/h3-10H,1-2H3. The van der Waals surface area contributed by atoms with E-state index >= 15 is 0 Å². The average molecular weight is 322 g/mol. The first-order valence-electron chi connectivity index (χ1n) is 7.26. The third-order valence-corrected chi connectivity index (χ3v) is 3.91. The SMILES string of the molecule is CN(C)c1ccc([N+](=O)[O-])cc1C=C1C(=O)c2ccccc2C1=O. The maximum absolute atomic E-state index is 12.5. The van der Waals surface area contributed by atoms with Crippen molar-refractivity contribution in [3.8, 4) is 0 Å². The predicted molar refractivity (Wildman–Crippen MR) is 90.5 cm³/mol. The van der Waals surface area contributed by atoms with E-state index in [0.717, 1.165) is 0 Å². The summed E-state index contributed by atoms with van der Waals surface area (Å²) < 4.78 is 0. The van der Waals surface area contributed by atoms with Crippen molar-refractivity contribution in [3.63, 3.8) is 0 Å². The zero-order valence-electron chi connectivity index (χ0n) is 13.1. The van der Waals surface area contributed by atoms with Gasteiger partial charge >= 0.3 is 0 Å². The van der Waals surface area contributed by atoms with Crippen molar-refractivity contribution in [1.82, 2.24) is 0 Å². The fraction of sp³-hybridized carbons (Fsp3) is 0.111. The van der Waals surface area contributed by atoms with Gasteiger partial charge in [0, 0.05) is 48.6 Å². The third kappa shape index (κ3) is 2.48. The Morgan fingerprint density at radius 1 is 1.00 bits per heavy atom. The maximum atomic E-state index is 12.5. The van der Waals surface area contributed by atoms with Crippen LogP contribution in [0.3, 0.4) is 0 Å². The van der Waals surface area contributed by atoms with E-state index in [-0.39, 0.29) is 22.8 Å². The molecule has 24 heavy (non-hydrogen) atoms. The van der Waals surface area contributed by atoms with Crippen molar-refractivity contribution in [2.45, 2.75) is 0 Å². The lowest BCUT2D eigenvalue weighted by molar-refractivity contribution is -0.384. The van der Waals surface area contributed by atoms with Crippen LogP contribution in [-0.4, -0.2) is 30.6 Å². The predicted octanol–water partition coefficient (Wildman–Crippen LogP) is 3.12. The molecule has 0 saturated heterocycles. The number of hydrogen-bond acceptors (Lipinski definition) is 5. The molecule has 0 radical (unpaired) electrons. The van der Waals surface area contributed by atoms with Crippen LogP contribution in [0.4, 0.5) is 11.4 Å². The highest BCUT2D eigenvalue weighted by atomic mass is 16.6. The van der Waals surface area contributed by atoms with Crippen LogP contribution in [0.5, 0.6) is 0 Å². The number of hydrogen-bond donors (Lipinski definition) is 0. The third-order valence-electron chi connectivity index (χ3n) is 3.91. The number of Topliss-reactive ketones (excluding diaryl/α,β-unsaturated/α-hetero) is 2. The molecule has 0 bridgehead atoms. The van der Waals surface area contributed by atoms with E-state index < -0.39 is 4.92 Å². The van der Waals surface area contributed by atoms with Crippen LogP contribution < -0.4 is 4.90 Å². The molecule has 6 heteroatoms. The highest BCUT2D eigenvalue weighted by Gasteiger charge is 2.32. The highest BCUT2D eigenvalue weighted by Crippen LogP contribution is 2.31. The van der Waals surface area contributed by atoms with Crippen LogP contribution in [0.1, 0.15) is 26.3 Å². The number of ketones is 2. The van der Waals surface area contributed by atoms with E-state index in [9.17, 15) is 19.7 Å². The molecule has 3 rings (SSSR count). The van der Waals surface area contributed by atoms with Gasteiger partial charge in [0.15, 0.2) is 11.6 Å². The fourth-order valence-electron chi connectivity index (χ4n) is 2.74. The molecule has 2 aromatic rings. The van der Waals surface area contributed by atoms with E-state index in [2.05, 4.69) is 0 Å². The molecule has 0 aliphatic heterocycles. The summed E-state index contributed by atoms with van der Waals surface area (Å²) in [5.41, 5.74) is 1.81. The zero-order valence-corrected chi connectivity index (χ0v) is 13.1. The molecule has 6 nitrogen and oxygen atoms in total. The largest absolute Gasteiger partial charge is 0.377 e. The summed E-state index contributed by atoms with van der Waals surface area (Å²) in [5.74, 6) is -0.710. The molecule has 1 aliphatic carbocycles. The minimum absolute atomic E-state index is 0.0276. The summed E-state index contributed by atoms with van der Waals surface area (Å²) in [7, 11) is 3.58. The first kappa shape index (κ1) is 15.6. The molecule has 1 aliphatic rings. The quantitative estimate of drug-likeness (QED) is 0.375. The number of benzene rings is 2. The average Bonchev–Trinajstić information content (AvgIpc) is 2.80. The molecule has 0 saturated carbocycles. The number of nitro benzene ring substituents is 1. The van der Waals surface area contributed by atoms with E-state index in [4.69, 9.17) is 0 Å². The summed E-state index contributed by atoms with van der Waals surface area (Å²) >= 11 is 0. The monoisotopic (exact) mass is 322 g/mol. The van der Waals surface area contributed by atoms with Gasteiger partial charge in [-0.3, -0.25) is 19.7 Å². The van der Waals surface area contributed by atoms with Gasteiger partial charge in [-0.15, -0.1) is 0 Å². The second-order valence-corrected chi connectivity index (χ2v) is 5.66.